The highest BCUT2D eigenvalue weighted by Gasteiger charge is 2.28. The van der Waals surface area contributed by atoms with Crippen molar-refractivity contribution in [2.24, 2.45) is 0 Å². The molecule has 1 saturated heterocycles. The van der Waals surface area contributed by atoms with Crippen LogP contribution in [0, 0.1) is 11.3 Å². The predicted octanol–water partition coefficient (Wildman–Crippen LogP) is 3.68. The van der Waals surface area contributed by atoms with Gasteiger partial charge in [0.25, 0.3) is 11.8 Å². The smallest absolute Gasteiger partial charge is 0.341 e. The molecule has 0 spiro atoms. The predicted molar refractivity (Wildman–Crippen MR) is 112 cm³/mol. The van der Waals surface area contributed by atoms with Crippen LogP contribution in [0.4, 0.5) is 5.88 Å². The first-order valence-corrected chi connectivity index (χ1v) is 10.6. The summed E-state index contributed by atoms with van der Waals surface area (Å²) >= 11 is 12.8. The highest BCUT2D eigenvalue weighted by molar-refractivity contribution is 7.20. The Labute approximate surface area is 190 Å². The summed E-state index contributed by atoms with van der Waals surface area (Å²) in [7, 11) is 0. The van der Waals surface area contributed by atoms with E-state index in [2.05, 4.69) is 4.98 Å². The Hall–Kier alpha value is -3.00. The van der Waals surface area contributed by atoms with Crippen LogP contribution in [0.25, 0.3) is 11.7 Å². The number of carbonyl (C=O) groups excluding carboxylic acids is 2. The van der Waals surface area contributed by atoms with Crippen LogP contribution in [0.3, 0.4) is 0 Å². The van der Waals surface area contributed by atoms with Gasteiger partial charge in [0.2, 0.25) is 11.6 Å². The van der Waals surface area contributed by atoms with Crippen molar-refractivity contribution in [1.82, 2.24) is 9.88 Å². The average molecular weight is 481 g/mol. The van der Waals surface area contributed by atoms with E-state index in [1.807, 2.05) is 11.0 Å². The van der Waals surface area contributed by atoms with Gasteiger partial charge in [-0.05, 0) is 18.2 Å². The molecule has 31 heavy (non-hydrogen) atoms. The number of furan rings is 1. The van der Waals surface area contributed by atoms with Crippen LogP contribution in [0.15, 0.2) is 33.3 Å². The molecule has 4 heterocycles. The van der Waals surface area contributed by atoms with Gasteiger partial charge < -0.3 is 23.4 Å². The van der Waals surface area contributed by atoms with Crippen LogP contribution in [-0.2, 0) is 9.53 Å². The lowest BCUT2D eigenvalue weighted by atomic mass is 10.3. The van der Waals surface area contributed by atoms with Crippen molar-refractivity contribution in [3.8, 4) is 17.7 Å². The maximum atomic E-state index is 12.4. The van der Waals surface area contributed by atoms with Gasteiger partial charge >= 0.3 is 5.97 Å². The van der Waals surface area contributed by atoms with Crippen molar-refractivity contribution in [3.05, 3.63) is 44.4 Å². The number of nitriles is 1. The summed E-state index contributed by atoms with van der Waals surface area (Å²) in [6.07, 6.45) is 1.49. The lowest BCUT2D eigenvalue weighted by molar-refractivity contribution is -0.134. The molecule has 0 atom stereocenters. The molecule has 4 rings (SSSR count). The number of ether oxygens (including phenoxy) is 1. The zero-order valence-corrected chi connectivity index (χ0v) is 18.2. The number of halogens is 2. The quantitative estimate of drug-likeness (QED) is 0.508. The van der Waals surface area contributed by atoms with Gasteiger partial charge in [-0.3, -0.25) is 4.79 Å². The van der Waals surface area contributed by atoms with Gasteiger partial charge in [-0.1, -0.05) is 23.2 Å². The Kier molecular flexibility index (Phi) is 6.18. The zero-order chi connectivity index (χ0) is 22.0. The fourth-order valence-electron chi connectivity index (χ4n) is 3.04. The number of anilines is 1. The van der Waals surface area contributed by atoms with E-state index in [9.17, 15) is 14.9 Å². The third-order valence-corrected chi connectivity index (χ3v) is 6.06. The van der Waals surface area contributed by atoms with Gasteiger partial charge in [0.05, 0.1) is 16.2 Å². The van der Waals surface area contributed by atoms with Crippen LogP contribution in [-0.4, -0.2) is 54.5 Å². The SMILES string of the molecule is N#Cc1nc(-c2ccco2)oc1N1CCN(C(=O)COC(=O)c2cc(Cl)sc2Cl)CC1. The standard InChI is InChI=1S/C19H14Cl2N4O5S/c20-14-8-11(16(21)31-14)19(27)29-10-15(26)24-3-5-25(6-4-24)18-12(9-22)23-17(30-18)13-2-1-7-28-13/h1-2,7-8H,3-6,10H2. The molecule has 1 fully saturated rings. The molecule has 1 amide bonds. The molecule has 0 saturated carbocycles. The second kappa shape index (κ2) is 9.01. The monoisotopic (exact) mass is 480 g/mol. The third kappa shape index (κ3) is 4.54. The minimum Gasteiger partial charge on any atom is -0.459 e. The molecule has 0 aliphatic carbocycles. The maximum Gasteiger partial charge on any atom is 0.341 e. The molecule has 3 aromatic rings. The Balaban J connectivity index is 1.33. The van der Waals surface area contributed by atoms with Crippen molar-refractivity contribution in [2.45, 2.75) is 0 Å². The van der Waals surface area contributed by atoms with Gasteiger partial charge in [0.1, 0.15) is 10.4 Å². The lowest BCUT2D eigenvalue weighted by Crippen LogP contribution is -2.50. The fourth-order valence-corrected chi connectivity index (χ4v) is 4.48. The summed E-state index contributed by atoms with van der Waals surface area (Å²) < 4.78 is 16.6. The van der Waals surface area contributed by atoms with E-state index in [4.69, 9.17) is 36.8 Å². The topological polar surface area (TPSA) is 113 Å². The van der Waals surface area contributed by atoms with Gasteiger partial charge in [-0.15, -0.1) is 11.3 Å². The fraction of sp³-hybridized carbons (Fsp3) is 0.263. The largest absolute Gasteiger partial charge is 0.459 e. The lowest BCUT2D eigenvalue weighted by Gasteiger charge is -2.34. The molecule has 160 valence electrons. The molecular formula is C19H14Cl2N4O5S. The maximum absolute atomic E-state index is 12.4. The molecule has 12 heteroatoms. The molecular weight excluding hydrogens is 467 g/mol. The van der Waals surface area contributed by atoms with Gasteiger partial charge in [0.15, 0.2) is 12.4 Å². The van der Waals surface area contributed by atoms with Gasteiger partial charge in [-0.2, -0.15) is 10.2 Å². The zero-order valence-electron chi connectivity index (χ0n) is 15.8. The van der Waals surface area contributed by atoms with Crippen LogP contribution >= 0.6 is 34.5 Å². The first-order valence-electron chi connectivity index (χ1n) is 9.05. The molecule has 0 unspecified atom stereocenters. The highest BCUT2D eigenvalue weighted by Crippen LogP contribution is 2.32. The van der Waals surface area contributed by atoms with Crippen molar-refractivity contribution in [2.75, 3.05) is 37.7 Å². The van der Waals surface area contributed by atoms with E-state index >= 15 is 0 Å². The van der Waals surface area contributed by atoms with E-state index < -0.39 is 12.6 Å². The van der Waals surface area contributed by atoms with Crippen LogP contribution < -0.4 is 4.90 Å². The summed E-state index contributed by atoms with van der Waals surface area (Å²) in [4.78, 5) is 32.1. The number of hydrogen-bond donors (Lipinski definition) is 0. The number of amides is 1. The first kappa shape index (κ1) is 21.2. The minimum absolute atomic E-state index is 0.135. The molecule has 0 radical (unpaired) electrons. The summed E-state index contributed by atoms with van der Waals surface area (Å²) in [5, 5.41) is 9.38. The van der Waals surface area contributed by atoms with E-state index in [1.54, 1.807) is 17.0 Å². The normalized spacial score (nSPS) is 13.8. The third-order valence-electron chi connectivity index (χ3n) is 4.57. The Morgan fingerprint density at radius 3 is 2.68 bits per heavy atom. The Morgan fingerprint density at radius 2 is 2.06 bits per heavy atom. The second-order valence-corrected chi connectivity index (χ2v) is 8.73. The average Bonchev–Trinajstić information content (AvgIpc) is 3.51. The number of nitrogens with zero attached hydrogens (tertiary/aromatic N) is 4. The number of esters is 1. The van der Waals surface area contributed by atoms with Crippen molar-refractivity contribution < 1.29 is 23.2 Å². The number of carbonyl (C=O) groups is 2. The molecule has 1 aliphatic heterocycles. The molecule has 9 nitrogen and oxygen atoms in total. The Morgan fingerprint density at radius 1 is 1.29 bits per heavy atom. The molecule has 0 aromatic carbocycles. The summed E-state index contributed by atoms with van der Waals surface area (Å²) in [6.45, 7) is 1.17. The summed E-state index contributed by atoms with van der Waals surface area (Å²) in [5.74, 6) is -0.0679. The number of oxazole rings is 1. The molecule has 1 aliphatic rings. The van der Waals surface area contributed by atoms with Crippen LogP contribution in [0.5, 0.6) is 0 Å². The van der Waals surface area contributed by atoms with Crippen molar-refractivity contribution in [1.29, 1.82) is 5.26 Å². The van der Waals surface area contributed by atoms with Crippen LogP contribution in [0.1, 0.15) is 16.1 Å². The second-order valence-electron chi connectivity index (χ2n) is 6.44. The number of piperazine rings is 1. The van der Waals surface area contributed by atoms with Crippen molar-refractivity contribution in [3.63, 3.8) is 0 Å². The number of hydrogen-bond acceptors (Lipinski definition) is 9. The van der Waals surface area contributed by atoms with Crippen molar-refractivity contribution >= 4 is 52.3 Å². The molecule has 0 N–H and O–H groups in total. The molecule has 3 aromatic heterocycles. The number of rotatable bonds is 5. The molecule has 0 bridgehead atoms. The van der Waals surface area contributed by atoms with E-state index in [0.29, 0.717) is 42.2 Å². The number of aromatic nitrogens is 1. The summed E-state index contributed by atoms with van der Waals surface area (Å²) in [6, 6.07) is 6.81. The van der Waals surface area contributed by atoms with E-state index in [1.165, 1.54) is 12.3 Å². The summed E-state index contributed by atoms with van der Waals surface area (Å²) in [5.41, 5.74) is 0.280. The number of thiophene rings is 1. The first-order chi connectivity index (χ1) is 15.0. The highest BCUT2D eigenvalue weighted by atomic mass is 35.5. The van der Waals surface area contributed by atoms with Crippen LogP contribution in [0.2, 0.25) is 8.67 Å². The van der Waals surface area contributed by atoms with E-state index in [-0.39, 0.29) is 27.4 Å². The van der Waals surface area contributed by atoms with Gasteiger partial charge in [-0.25, -0.2) is 4.79 Å². The van der Waals surface area contributed by atoms with Gasteiger partial charge in [0, 0.05) is 26.2 Å². The minimum atomic E-state index is -0.703. The Bertz CT molecular complexity index is 1140. The van der Waals surface area contributed by atoms with E-state index in [0.717, 1.165) is 11.3 Å².